The van der Waals surface area contributed by atoms with Crippen molar-refractivity contribution in [3.63, 3.8) is 0 Å². The van der Waals surface area contributed by atoms with E-state index >= 15 is 0 Å². The number of guanidine groups is 1. The highest BCUT2D eigenvalue weighted by atomic mass is 127. The minimum atomic E-state index is -4.06. The first kappa shape index (κ1) is 22.8. The molecule has 8 heteroatoms. The molecule has 0 atom stereocenters. The molecule has 0 spiro atoms. The Morgan fingerprint density at radius 1 is 1.18 bits per heavy atom. The number of benzene rings is 1. The van der Waals surface area contributed by atoms with E-state index in [1.165, 1.54) is 10.9 Å². The number of halogens is 4. The van der Waals surface area contributed by atoms with Crippen molar-refractivity contribution in [1.82, 2.24) is 15.6 Å². The molecule has 0 aliphatic heterocycles. The van der Waals surface area contributed by atoms with Crippen LogP contribution in [-0.4, -0.2) is 36.8 Å². The molecular formula is C20H28F3IN4. The molecule has 0 radical (unpaired) electrons. The van der Waals surface area contributed by atoms with Gasteiger partial charge in [-0.3, -0.25) is 4.99 Å². The lowest BCUT2D eigenvalue weighted by molar-refractivity contribution is -0.182. The fourth-order valence-electron chi connectivity index (χ4n) is 3.78. The Morgan fingerprint density at radius 3 is 2.57 bits per heavy atom. The quantitative estimate of drug-likeness (QED) is 0.231. The molecule has 1 aromatic heterocycles. The van der Waals surface area contributed by atoms with E-state index in [1.807, 2.05) is 12.1 Å². The molecule has 0 bridgehead atoms. The maximum atomic E-state index is 12.8. The Morgan fingerprint density at radius 2 is 1.89 bits per heavy atom. The minimum absolute atomic E-state index is 0. The van der Waals surface area contributed by atoms with Crippen molar-refractivity contribution in [3.8, 4) is 0 Å². The minimum Gasteiger partial charge on any atom is -0.361 e. The Labute approximate surface area is 180 Å². The first-order chi connectivity index (χ1) is 13.0. The number of nitrogens with zero attached hydrogens (tertiary/aromatic N) is 1. The molecular weight excluding hydrogens is 480 g/mol. The third-order valence-corrected chi connectivity index (χ3v) is 5.34. The Kier molecular flexibility index (Phi) is 8.45. The van der Waals surface area contributed by atoms with Crippen molar-refractivity contribution >= 4 is 40.8 Å². The number of alkyl halides is 3. The summed E-state index contributed by atoms with van der Waals surface area (Å²) in [6.07, 6.45) is 1.33. The van der Waals surface area contributed by atoms with E-state index < -0.39 is 12.1 Å². The van der Waals surface area contributed by atoms with Crippen molar-refractivity contribution < 1.29 is 13.2 Å². The molecule has 0 saturated heterocycles. The lowest BCUT2D eigenvalue weighted by Crippen LogP contribution is -2.46. The van der Waals surface area contributed by atoms with Crippen LogP contribution in [0.25, 0.3) is 10.9 Å². The van der Waals surface area contributed by atoms with Crippen molar-refractivity contribution in [1.29, 1.82) is 0 Å². The number of nitrogens with one attached hydrogen (secondary N) is 3. The van der Waals surface area contributed by atoms with Crippen molar-refractivity contribution in [3.05, 3.63) is 36.0 Å². The number of aromatic nitrogens is 1. The summed E-state index contributed by atoms with van der Waals surface area (Å²) in [5.41, 5.74) is 2.44. The van der Waals surface area contributed by atoms with Gasteiger partial charge in [0.1, 0.15) is 0 Å². The normalized spacial score (nSPS) is 20.6. The number of aromatic amines is 1. The fourth-order valence-corrected chi connectivity index (χ4v) is 3.78. The second kappa shape index (κ2) is 10.4. The zero-order chi connectivity index (χ0) is 19.3. The third-order valence-electron chi connectivity index (χ3n) is 5.34. The number of rotatable bonds is 5. The summed E-state index contributed by atoms with van der Waals surface area (Å²) < 4.78 is 38.3. The highest BCUT2D eigenvalue weighted by Gasteiger charge is 2.41. The molecule has 1 heterocycles. The second-order valence-corrected chi connectivity index (χ2v) is 7.20. The first-order valence-corrected chi connectivity index (χ1v) is 9.56. The molecule has 3 N–H and O–H groups in total. The Hall–Kier alpha value is -1.45. The molecule has 2 aromatic rings. The van der Waals surface area contributed by atoms with Crippen molar-refractivity contribution in [2.45, 2.75) is 50.7 Å². The molecule has 0 unspecified atom stereocenters. The van der Waals surface area contributed by atoms with Gasteiger partial charge in [-0.25, -0.2) is 0 Å². The van der Waals surface area contributed by atoms with Crippen molar-refractivity contribution in [2.24, 2.45) is 10.9 Å². The van der Waals surface area contributed by atoms with Crippen LogP contribution < -0.4 is 10.6 Å². The van der Waals surface area contributed by atoms with Gasteiger partial charge in [0, 0.05) is 36.7 Å². The van der Waals surface area contributed by atoms with Crippen LogP contribution >= 0.6 is 24.0 Å². The van der Waals surface area contributed by atoms with Gasteiger partial charge >= 0.3 is 6.18 Å². The fraction of sp³-hybridized carbons (Fsp3) is 0.550. The van der Waals surface area contributed by atoms with E-state index in [-0.39, 0.29) is 42.9 Å². The largest absolute Gasteiger partial charge is 0.391 e. The maximum absolute atomic E-state index is 12.8. The smallest absolute Gasteiger partial charge is 0.361 e. The number of fused-ring (bicyclic) bond motifs is 1. The van der Waals surface area contributed by atoms with E-state index in [1.54, 1.807) is 7.05 Å². The summed E-state index contributed by atoms with van der Waals surface area (Å²) in [6.45, 7) is 0.761. The first-order valence-electron chi connectivity index (χ1n) is 9.56. The molecule has 156 valence electrons. The topological polar surface area (TPSA) is 52.2 Å². The van der Waals surface area contributed by atoms with Gasteiger partial charge in [0.2, 0.25) is 0 Å². The lowest BCUT2D eigenvalue weighted by atomic mass is 9.85. The number of H-pyrrole nitrogens is 1. The summed E-state index contributed by atoms with van der Waals surface area (Å²) in [4.78, 5) is 7.48. The molecule has 0 amide bonds. The van der Waals surface area contributed by atoms with Gasteiger partial charge in [0.05, 0.1) is 5.92 Å². The Bertz CT molecular complexity index is 764. The SMILES string of the molecule is CN=C(NCCCc1c[nH]c2ccccc12)NC1CCC(C(F)(F)F)CC1.I. The summed E-state index contributed by atoms with van der Waals surface area (Å²) in [5.74, 6) is -0.480. The molecule has 1 aliphatic rings. The molecule has 1 aromatic carbocycles. The summed E-state index contributed by atoms with van der Waals surface area (Å²) in [6, 6.07) is 8.30. The molecule has 4 nitrogen and oxygen atoms in total. The van der Waals surface area contributed by atoms with Crippen LogP contribution in [0.5, 0.6) is 0 Å². The summed E-state index contributed by atoms with van der Waals surface area (Å²) in [7, 11) is 1.69. The van der Waals surface area contributed by atoms with Gasteiger partial charge in [0.15, 0.2) is 5.96 Å². The standard InChI is InChI=1S/C20H27F3N4.HI/c1-24-19(27-16-10-8-15(9-11-16)20(21,22)23)25-12-4-5-14-13-26-18-7-3-2-6-17(14)18;/h2-3,6-7,13,15-16,26H,4-5,8-12H2,1H3,(H2,24,25,27);1H. The van der Waals surface area contributed by atoms with Crippen LogP contribution in [0.2, 0.25) is 0 Å². The molecule has 1 aliphatic carbocycles. The van der Waals surface area contributed by atoms with Crippen LogP contribution in [0.3, 0.4) is 0 Å². The average Bonchev–Trinajstić information content (AvgIpc) is 3.07. The second-order valence-electron chi connectivity index (χ2n) is 7.20. The van der Waals surface area contributed by atoms with E-state index in [2.05, 4.69) is 38.9 Å². The molecule has 28 heavy (non-hydrogen) atoms. The van der Waals surface area contributed by atoms with Gasteiger partial charge in [0.25, 0.3) is 0 Å². The van der Waals surface area contributed by atoms with Gasteiger partial charge in [-0.2, -0.15) is 13.2 Å². The third kappa shape index (κ3) is 6.02. The van der Waals surface area contributed by atoms with E-state index in [0.717, 1.165) is 24.9 Å². The highest BCUT2D eigenvalue weighted by Crippen LogP contribution is 2.37. The predicted molar refractivity (Wildman–Crippen MR) is 118 cm³/mol. The zero-order valence-corrected chi connectivity index (χ0v) is 18.3. The van der Waals surface area contributed by atoms with E-state index in [0.29, 0.717) is 18.8 Å². The maximum Gasteiger partial charge on any atom is 0.391 e. The monoisotopic (exact) mass is 508 g/mol. The predicted octanol–water partition coefficient (Wildman–Crippen LogP) is 5.00. The van der Waals surface area contributed by atoms with Gasteiger partial charge in [-0.1, -0.05) is 18.2 Å². The number of aryl methyl sites for hydroxylation is 1. The van der Waals surface area contributed by atoms with Gasteiger partial charge in [-0.15, -0.1) is 24.0 Å². The van der Waals surface area contributed by atoms with Crippen LogP contribution in [-0.2, 0) is 6.42 Å². The van der Waals surface area contributed by atoms with Crippen LogP contribution in [0, 0.1) is 5.92 Å². The number of aliphatic imine (C=N–C) groups is 1. The van der Waals surface area contributed by atoms with E-state index in [4.69, 9.17) is 0 Å². The van der Waals surface area contributed by atoms with Crippen LogP contribution in [0.1, 0.15) is 37.7 Å². The average molecular weight is 508 g/mol. The molecule has 3 rings (SSSR count). The number of para-hydroxylation sites is 1. The van der Waals surface area contributed by atoms with Gasteiger partial charge < -0.3 is 15.6 Å². The summed E-state index contributed by atoms with van der Waals surface area (Å²) >= 11 is 0. The lowest BCUT2D eigenvalue weighted by Gasteiger charge is -2.31. The van der Waals surface area contributed by atoms with E-state index in [9.17, 15) is 13.2 Å². The Balaban J connectivity index is 0.00000280. The molecule has 1 fully saturated rings. The molecule has 1 saturated carbocycles. The number of hydrogen-bond donors (Lipinski definition) is 3. The van der Waals surface area contributed by atoms with Crippen molar-refractivity contribution in [2.75, 3.05) is 13.6 Å². The number of hydrogen-bond acceptors (Lipinski definition) is 1. The highest BCUT2D eigenvalue weighted by molar-refractivity contribution is 14.0. The zero-order valence-electron chi connectivity index (χ0n) is 16.0. The van der Waals surface area contributed by atoms with Gasteiger partial charge in [-0.05, 0) is 50.2 Å². The summed E-state index contributed by atoms with van der Waals surface area (Å²) in [5, 5.41) is 7.79. The van der Waals surface area contributed by atoms with Crippen LogP contribution in [0.4, 0.5) is 13.2 Å². The van der Waals surface area contributed by atoms with Crippen LogP contribution in [0.15, 0.2) is 35.5 Å².